The summed E-state index contributed by atoms with van der Waals surface area (Å²) in [6.07, 6.45) is 2.79. The van der Waals surface area contributed by atoms with Crippen LogP contribution in [-0.4, -0.2) is 17.0 Å². The van der Waals surface area contributed by atoms with E-state index in [9.17, 15) is 10.1 Å². The minimum Gasteiger partial charge on any atom is -0.258 e. The van der Waals surface area contributed by atoms with Gasteiger partial charge in [-0.1, -0.05) is 42.5 Å². The van der Waals surface area contributed by atoms with E-state index < -0.39 is 11.2 Å². The number of hydrogen-bond acceptors (Lipinski definition) is 5. The molecule has 0 amide bonds. The van der Waals surface area contributed by atoms with Crippen LogP contribution in [0.2, 0.25) is 0 Å². The van der Waals surface area contributed by atoms with E-state index in [4.69, 9.17) is 4.84 Å². The average Bonchev–Trinajstić information content (AvgIpc) is 3.03. The Morgan fingerprint density at radius 3 is 2.64 bits per heavy atom. The van der Waals surface area contributed by atoms with Gasteiger partial charge in [-0.2, -0.15) is 0 Å². The first-order chi connectivity index (χ1) is 10.7. The number of hydrogen-bond donors (Lipinski definition) is 1. The monoisotopic (exact) mass is 295 g/mol. The first-order valence-corrected chi connectivity index (χ1v) is 6.70. The Morgan fingerprint density at radius 1 is 1.14 bits per heavy atom. The molecule has 6 nitrogen and oxygen atoms in total. The third-order valence-electron chi connectivity index (χ3n) is 3.15. The number of aliphatic imine (C=N–C) groups is 1. The summed E-state index contributed by atoms with van der Waals surface area (Å²) in [5.41, 5.74) is 4.25. The minimum absolute atomic E-state index is 0.0527. The van der Waals surface area contributed by atoms with E-state index in [0.29, 0.717) is 11.4 Å². The number of para-hydroxylation sites is 1. The van der Waals surface area contributed by atoms with Crippen LogP contribution >= 0.6 is 0 Å². The summed E-state index contributed by atoms with van der Waals surface area (Å²) in [7, 11) is 0. The fraction of sp³-hybridized carbons (Fsp3) is 0.0625. The molecule has 2 aromatic carbocycles. The number of nitrogens with zero attached hydrogens (tertiary/aromatic N) is 2. The topological polar surface area (TPSA) is 76.8 Å². The Bertz CT molecular complexity index is 741. The molecule has 0 aliphatic carbocycles. The molecule has 1 heterocycles. The maximum Gasteiger partial charge on any atom is 0.276 e. The number of nitrogens with one attached hydrogen (secondary N) is 1. The zero-order valence-electron chi connectivity index (χ0n) is 11.5. The molecule has 0 aromatic heterocycles. The van der Waals surface area contributed by atoms with Crippen LogP contribution in [0.1, 0.15) is 11.1 Å². The fourth-order valence-electron chi connectivity index (χ4n) is 2.09. The second-order valence-corrected chi connectivity index (χ2v) is 4.63. The molecule has 110 valence electrons. The molecule has 0 bridgehead atoms. The molecule has 2 aromatic rings. The summed E-state index contributed by atoms with van der Waals surface area (Å²) in [5, 5.41) is 11.0. The first-order valence-electron chi connectivity index (χ1n) is 6.70. The summed E-state index contributed by atoms with van der Waals surface area (Å²) < 4.78 is 0. The lowest BCUT2D eigenvalue weighted by Gasteiger charge is -2.00. The van der Waals surface area contributed by atoms with Gasteiger partial charge in [0.1, 0.15) is 0 Å². The lowest BCUT2D eigenvalue weighted by atomic mass is 10.1. The number of nitro benzene ring substituents is 1. The molecule has 1 atom stereocenters. The lowest BCUT2D eigenvalue weighted by Crippen LogP contribution is -2.18. The van der Waals surface area contributed by atoms with Gasteiger partial charge in [-0.25, -0.2) is 15.3 Å². The highest BCUT2D eigenvalue weighted by atomic mass is 16.7. The van der Waals surface area contributed by atoms with Crippen molar-refractivity contribution < 1.29 is 9.76 Å². The van der Waals surface area contributed by atoms with Gasteiger partial charge < -0.3 is 0 Å². The van der Waals surface area contributed by atoms with Crippen molar-refractivity contribution in [3.05, 3.63) is 81.9 Å². The molecule has 0 radical (unpaired) electrons. The van der Waals surface area contributed by atoms with Crippen molar-refractivity contribution in [1.82, 2.24) is 5.48 Å². The Balaban J connectivity index is 1.78. The summed E-state index contributed by atoms with van der Waals surface area (Å²) in [5.74, 6) is 0.637. The molecule has 1 aliphatic rings. The fourth-order valence-corrected chi connectivity index (χ4v) is 2.09. The third kappa shape index (κ3) is 3.02. The largest absolute Gasteiger partial charge is 0.276 e. The minimum atomic E-state index is -0.519. The average molecular weight is 295 g/mol. The van der Waals surface area contributed by atoms with Crippen LogP contribution < -0.4 is 5.48 Å². The maximum atomic E-state index is 11.0. The van der Waals surface area contributed by atoms with Crippen molar-refractivity contribution in [3.8, 4) is 0 Å². The quantitative estimate of drug-likeness (QED) is 0.695. The highest BCUT2D eigenvalue weighted by molar-refractivity contribution is 5.98. The van der Waals surface area contributed by atoms with E-state index >= 15 is 0 Å². The second-order valence-electron chi connectivity index (χ2n) is 4.63. The SMILES string of the molecule is O=[N+]([O-])c1ccccc1C=C[C@H]1N=C(c2ccccc2)NO1. The van der Waals surface area contributed by atoms with Crippen LogP contribution in [-0.2, 0) is 4.84 Å². The van der Waals surface area contributed by atoms with E-state index in [1.165, 1.54) is 6.07 Å². The Labute approximate surface area is 126 Å². The van der Waals surface area contributed by atoms with Crippen LogP contribution in [0, 0.1) is 10.1 Å². The number of rotatable bonds is 4. The van der Waals surface area contributed by atoms with E-state index in [1.807, 2.05) is 30.3 Å². The Kier molecular flexibility index (Phi) is 3.93. The van der Waals surface area contributed by atoms with Gasteiger partial charge in [-0.05, 0) is 18.2 Å². The molecule has 22 heavy (non-hydrogen) atoms. The summed E-state index contributed by atoms with van der Waals surface area (Å²) in [6.45, 7) is 0. The zero-order valence-corrected chi connectivity index (χ0v) is 11.5. The van der Waals surface area contributed by atoms with Crippen molar-refractivity contribution >= 4 is 17.6 Å². The molecule has 3 rings (SSSR count). The molecule has 0 saturated carbocycles. The van der Waals surface area contributed by atoms with Crippen molar-refractivity contribution in [2.24, 2.45) is 4.99 Å². The summed E-state index contributed by atoms with van der Waals surface area (Å²) in [6, 6.07) is 16.1. The van der Waals surface area contributed by atoms with Crippen LogP contribution in [0.15, 0.2) is 65.7 Å². The second kappa shape index (κ2) is 6.19. The molecule has 0 saturated heterocycles. The molecular formula is C16H13N3O3. The summed E-state index contributed by atoms with van der Waals surface area (Å²) in [4.78, 5) is 20.3. The smallest absolute Gasteiger partial charge is 0.258 e. The first kappa shape index (κ1) is 14.0. The van der Waals surface area contributed by atoms with Crippen LogP contribution in [0.3, 0.4) is 0 Å². The van der Waals surface area contributed by atoms with Crippen molar-refractivity contribution in [2.75, 3.05) is 0 Å². The Hall–Kier alpha value is -2.99. The molecule has 1 N–H and O–H groups in total. The van der Waals surface area contributed by atoms with E-state index in [2.05, 4.69) is 10.5 Å². The van der Waals surface area contributed by atoms with Crippen molar-refractivity contribution in [3.63, 3.8) is 0 Å². The van der Waals surface area contributed by atoms with Gasteiger partial charge in [0.25, 0.3) is 5.69 Å². The third-order valence-corrected chi connectivity index (χ3v) is 3.15. The zero-order chi connectivity index (χ0) is 15.4. The van der Waals surface area contributed by atoms with Crippen molar-refractivity contribution in [1.29, 1.82) is 0 Å². The molecule has 6 heteroatoms. The predicted octanol–water partition coefficient (Wildman–Crippen LogP) is 2.92. The lowest BCUT2D eigenvalue weighted by molar-refractivity contribution is -0.385. The molecular weight excluding hydrogens is 282 g/mol. The molecule has 0 spiro atoms. The molecule has 1 aliphatic heterocycles. The number of hydroxylamine groups is 1. The van der Waals surface area contributed by atoms with E-state index in [0.717, 1.165) is 5.56 Å². The predicted molar refractivity (Wildman–Crippen MR) is 83.1 cm³/mol. The van der Waals surface area contributed by atoms with Gasteiger partial charge in [0.15, 0.2) is 12.1 Å². The normalized spacial score (nSPS) is 17.3. The highest BCUT2D eigenvalue weighted by Gasteiger charge is 2.17. The van der Waals surface area contributed by atoms with Gasteiger partial charge >= 0.3 is 0 Å². The number of nitro groups is 1. The Morgan fingerprint density at radius 2 is 1.86 bits per heavy atom. The van der Waals surface area contributed by atoms with Gasteiger partial charge in [-0.15, -0.1) is 0 Å². The van der Waals surface area contributed by atoms with E-state index in [1.54, 1.807) is 30.4 Å². The van der Waals surface area contributed by atoms with Gasteiger partial charge in [0.2, 0.25) is 0 Å². The standard InChI is InChI=1S/C16H13N3O3/c20-19(21)14-9-5-4-6-12(14)10-11-15-17-16(18-22-15)13-7-2-1-3-8-13/h1-11,15H,(H,17,18)/t15-/m0/s1. The van der Waals surface area contributed by atoms with Gasteiger partial charge in [-0.3, -0.25) is 10.1 Å². The van der Waals surface area contributed by atoms with E-state index in [-0.39, 0.29) is 5.69 Å². The maximum absolute atomic E-state index is 11.0. The molecule has 0 fully saturated rings. The number of amidine groups is 1. The van der Waals surface area contributed by atoms with Crippen molar-refractivity contribution in [2.45, 2.75) is 6.23 Å². The highest BCUT2D eigenvalue weighted by Crippen LogP contribution is 2.20. The number of benzene rings is 2. The van der Waals surface area contributed by atoms with Crippen LogP contribution in [0.4, 0.5) is 5.69 Å². The molecule has 0 unspecified atom stereocenters. The summed E-state index contributed by atoms with van der Waals surface area (Å²) >= 11 is 0. The van der Waals surface area contributed by atoms with Crippen LogP contribution in [0.25, 0.3) is 6.08 Å². The van der Waals surface area contributed by atoms with Gasteiger partial charge in [0.05, 0.1) is 10.5 Å². The van der Waals surface area contributed by atoms with Gasteiger partial charge in [0, 0.05) is 11.6 Å². The van der Waals surface area contributed by atoms with Crippen LogP contribution in [0.5, 0.6) is 0 Å².